The largest absolute Gasteiger partial charge is 0.439 e. The molecule has 5 nitrogen and oxygen atoms in total. The van der Waals surface area contributed by atoms with Crippen molar-refractivity contribution in [3.05, 3.63) is 66.1 Å². The van der Waals surface area contributed by atoms with E-state index in [1.807, 2.05) is 24.3 Å². The van der Waals surface area contributed by atoms with E-state index in [2.05, 4.69) is 15.1 Å². The van der Waals surface area contributed by atoms with Gasteiger partial charge in [0.2, 0.25) is 5.88 Å². The van der Waals surface area contributed by atoms with Crippen LogP contribution in [0.2, 0.25) is 0 Å². The van der Waals surface area contributed by atoms with Crippen LogP contribution in [-0.4, -0.2) is 15.1 Å². The number of fused-ring (bicyclic) bond motifs is 1. The second-order valence-electron chi connectivity index (χ2n) is 5.26. The lowest BCUT2D eigenvalue weighted by Gasteiger charge is -2.05. The number of hydrogen-bond acceptors (Lipinski definition) is 5. The maximum Gasteiger partial charge on any atom is 0.261 e. The molecule has 0 atom stereocenters. The molecular formula is C18H12FN3O2. The normalized spacial score (nSPS) is 10.9. The Kier molecular flexibility index (Phi) is 3.42. The zero-order valence-electron chi connectivity index (χ0n) is 12.7. The minimum Gasteiger partial charge on any atom is -0.439 e. The van der Waals surface area contributed by atoms with Crippen molar-refractivity contribution < 1.29 is 13.7 Å². The molecule has 0 radical (unpaired) electrons. The van der Waals surface area contributed by atoms with Gasteiger partial charge in [-0.3, -0.25) is 4.98 Å². The number of pyridine rings is 2. The predicted molar refractivity (Wildman–Crippen MR) is 86.2 cm³/mol. The third kappa shape index (κ3) is 2.58. The summed E-state index contributed by atoms with van der Waals surface area (Å²) < 4.78 is 24.2. The molecule has 0 saturated carbocycles. The minimum atomic E-state index is -0.277. The van der Waals surface area contributed by atoms with Gasteiger partial charge in [-0.1, -0.05) is 11.2 Å². The molecule has 118 valence electrons. The van der Waals surface area contributed by atoms with Crippen LogP contribution in [0.25, 0.3) is 22.5 Å². The van der Waals surface area contributed by atoms with Gasteiger partial charge in [0.25, 0.3) is 5.71 Å². The van der Waals surface area contributed by atoms with E-state index in [9.17, 15) is 4.39 Å². The van der Waals surface area contributed by atoms with Crippen LogP contribution in [0.4, 0.5) is 4.39 Å². The summed E-state index contributed by atoms with van der Waals surface area (Å²) in [6, 6.07) is 13.6. The average molecular weight is 321 g/mol. The van der Waals surface area contributed by atoms with Crippen molar-refractivity contribution in [3.8, 4) is 23.0 Å². The Balaban J connectivity index is 1.68. The number of nitrogens with zero attached hydrogens (tertiary/aromatic N) is 3. The third-order valence-electron chi connectivity index (χ3n) is 3.57. The van der Waals surface area contributed by atoms with Gasteiger partial charge in [0.05, 0.1) is 11.1 Å². The fourth-order valence-corrected chi connectivity index (χ4v) is 2.36. The van der Waals surface area contributed by atoms with Gasteiger partial charge in [0, 0.05) is 12.3 Å². The molecular weight excluding hydrogens is 309 g/mol. The van der Waals surface area contributed by atoms with E-state index in [-0.39, 0.29) is 5.82 Å². The smallest absolute Gasteiger partial charge is 0.261 e. The molecule has 0 spiro atoms. The van der Waals surface area contributed by atoms with E-state index in [1.54, 1.807) is 31.3 Å². The molecule has 0 aliphatic rings. The van der Waals surface area contributed by atoms with Gasteiger partial charge in [-0.25, -0.2) is 4.39 Å². The number of rotatable bonds is 3. The first-order valence-electron chi connectivity index (χ1n) is 7.32. The molecule has 0 amide bonds. The molecule has 0 bridgehead atoms. The summed E-state index contributed by atoms with van der Waals surface area (Å²) in [4.78, 5) is 8.56. The first kappa shape index (κ1) is 14.3. The summed E-state index contributed by atoms with van der Waals surface area (Å²) in [6.07, 6.45) is 1.69. The topological polar surface area (TPSA) is 61.0 Å². The van der Waals surface area contributed by atoms with Crippen molar-refractivity contribution in [3.63, 3.8) is 0 Å². The highest BCUT2D eigenvalue weighted by Crippen LogP contribution is 2.29. The van der Waals surface area contributed by atoms with E-state index >= 15 is 0 Å². The van der Waals surface area contributed by atoms with Gasteiger partial charge >= 0.3 is 0 Å². The maximum atomic E-state index is 13.3. The number of aromatic nitrogens is 3. The zero-order chi connectivity index (χ0) is 16.5. The van der Waals surface area contributed by atoms with E-state index in [1.165, 1.54) is 6.07 Å². The summed E-state index contributed by atoms with van der Waals surface area (Å²) in [5, 5.41) is 4.78. The highest BCUT2D eigenvalue weighted by molar-refractivity contribution is 5.88. The van der Waals surface area contributed by atoms with Gasteiger partial charge < -0.3 is 9.26 Å². The molecule has 0 saturated heterocycles. The molecule has 4 aromatic rings. The Morgan fingerprint density at radius 2 is 2.00 bits per heavy atom. The minimum absolute atomic E-state index is 0.277. The predicted octanol–water partition coefficient (Wildman–Crippen LogP) is 4.52. The Morgan fingerprint density at radius 1 is 1.08 bits per heavy atom. The van der Waals surface area contributed by atoms with Gasteiger partial charge in [-0.15, -0.1) is 0 Å². The van der Waals surface area contributed by atoms with Crippen molar-refractivity contribution in [2.75, 3.05) is 0 Å². The average Bonchev–Trinajstić information content (AvgIpc) is 3.02. The van der Waals surface area contributed by atoms with Crippen LogP contribution in [0.3, 0.4) is 0 Å². The van der Waals surface area contributed by atoms with Crippen molar-refractivity contribution in [2.24, 2.45) is 0 Å². The van der Waals surface area contributed by atoms with E-state index in [0.717, 1.165) is 5.39 Å². The van der Waals surface area contributed by atoms with Crippen LogP contribution in [0.1, 0.15) is 5.56 Å². The lowest BCUT2D eigenvalue weighted by atomic mass is 10.2. The van der Waals surface area contributed by atoms with Crippen molar-refractivity contribution in [2.45, 2.75) is 6.92 Å². The second kappa shape index (κ2) is 5.73. The summed E-state index contributed by atoms with van der Waals surface area (Å²) in [7, 11) is 0. The highest BCUT2D eigenvalue weighted by atomic mass is 19.1. The third-order valence-corrected chi connectivity index (χ3v) is 3.57. The molecule has 3 aromatic heterocycles. The Morgan fingerprint density at radius 3 is 2.79 bits per heavy atom. The molecule has 3 heterocycles. The molecule has 0 aliphatic heterocycles. The Hall–Kier alpha value is -3.28. The summed E-state index contributed by atoms with van der Waals surface area (Å²) >= 11 is 0. The second-order valence-corrected chi connectivity index (χ2v) is 5.26. The van der Waals surface area contributed by atoms with Crippen molar-refractivity contribution >= 4 is 11.1 Å². The summed E-state index contributed by atoms with van der Waals surface area (Å²) in [5.74, 6) is 0.573. The number of aryl methyl sites for hydroxylation is 1. The molecule has 0 fully saturated rings. The Bertz CT molecular complexity index is 1020. The molecule has 24 heavy (non-hydrogen) atoms. The first-order valence-corrected chi connectivity index (χ1v) is 7.32. The van der Waals surface area contributed by atoms with Crippen molar-refractivity contribution in [1.29, 1.82) is 0 Å². The van der Waals surface area contributed by atoms with Crippen molar-refractivity contribution in [1.82, 2.24) is 15.1 Å². The number of hydrogen-bond donors (Lipinski definition) is 0. The van der Waals surface area contributed by atoms with Gasteiger partial charge in [0.15, 0.2) is 0 Å². The van der Waals surface area contributed by atoms with Gasteiger partial charge in [-0.05, 0) is 48.9 Å². The fraction of sp³-hybridized carbons (Fsp3) is 0.0556. The number of ether oxygens (including phenoxy) is 1. The SMILES string of the molecule is Cc1cc(Oc2ccc3c(-c4ccccn4)noc3n2)ccc1F. The zero-order valence-corrected chi connectivity index (χ0v) is 12.7. The maximum absolute atomic E-state index is 13.3. The van der Waals surface area contributed by atoms with E-state index < -0.39 is 0 Å². The van der Waals surface area contributed by atoms with E-state index in [4.69, 9.17) is 9.26 Å². The van der Waals surface area contributed by atoms with Crippen LogP contribution in [0, 0.1) is 12.7 Å². The quantitative estimate of drug-likeness (QED) is 0.555. The first-order chi connectivity index (χ1) is 11.7. The molecule has 0 unspecified atom stereocenters. The molecule has 6 heteroatoms. The molecule has 4 rings (SSSR count). The molecule has 0 aliphatic carbocycles. The monoisotopic (exact) mass is 321 g/mol. The molecule has 1 aromatic carbocycles. The van der Waals surface area contributed by atoms with Crippen LogP contribution >= 0.6 is 0 Å². The van der Waals surface area contributed by atoms with Crippen LogP contribution in [-0.2, 0) is 0 Å². The Labute approximate surface area is 136 Å². The standard InChI is InChI=1S/C18H12FN3O2/c1-11-10-12(5-7-14(11)19)23-16-8-6-13-17(22-24-18(13)21-16)15-4-2-3-9-20-15/h2-10H,1H3. The lowest BCUT2D eigenvalue weighted by molar-refractivity contribution is 0.433. The van der Waals surface area contributed by atoms with Gasteiger partial charge in [-0.2, -0.15) is 4.98 Å². The number of halogens is 1. The summed E-state index contributed by atoms with van der Waals surface area (Å²) in [5.41, 5.74) is 2.20. The van der Waals surface area contributed by atoms with E-state index in [0.29, 0.717) is 34.3 Å². The van der Waals surface area contributed by atoms with Crippen LogP contribution in [0.5, 0.6) is 11.6 Å². The van der Waals surface area contributed by atoms with Crippen LogP contribution < -0.4 is 4.74 Å². The number of benzene rings is 1. The van der Waals surface area contributed by atoms with Gasteiger partial charge in [0.1, 0.15) is 17.3 Å². The lowest BCUT2D eigenvalue weighted by Crippen LogP contribution is -1.90. The summed E-state index contributed by atoms with van der Waals surface area (Å²) in [6.45, 7) is 1.68. The highest BCUT2D eigenvalue weighted by Gasteiger charge is 2.13. The fourth-order valence-electron chi connectivity index (χ4n) is 2.36. The van der Waals surface area contributed by atoms with Crippen LogP contribution in [0.15, 0.2) is 59.3 Å². The molecule has 0 N–H and O–H groups in total.